The first-order chi connectivity index (χ1) is 14.2. The van der Waals surface area contributed by atoms with Gasteiger partial charge in [0, 0.05) is 25.5 Å². The monoisotopic (exact) mass is 528 g/mol. The molecule has 166 valence electrons. The number of rotatable bonds is 11. The number of hydrogen-bond acceptors (Lipinski definition) is 5. The molecule has 1 atom stereocenters. The van der Waals surface area contributed by atoms with E-state index in [4.69, 9.17) is 9.47 Å². The number of nitrogens with zero attached hydrogens (tertiary/aromatic N) is 2. The number of pyridine rings is 1. The van der Waals surface area contributed by atoms with Gasteiger partial charge in [-0.1, -0.05) is 6.07 Å². The van der Waals surface area contributed by atoms with E-state index in [1.807, 2.05) is 39.0 Å². The van der Waals surface area contributed by atoms with E-state index < -0.39 is 6.10 Å². The van der Waals surface area contributed by atoms with Gasteiger partial charge in [0.1, 0.15) is 0 Å². The largest absolute Gasteiger partial charge is 0.490 e. The Morgan fingerprint density at radius 3 is 2.40 bits per heavy atom. The van der Waals surface area contributed by atoms with Crippen LogP contribution in [0.2, 0.25) is 0 Å². The Bertz CT molecular complexity index is 759. The fourth-order valence-electron chi connectivity index (χ4n) is 2.79. The average molecular weight is 528 g/mol. The molecule has 2 rings (SSSR count). The molecular formula is C22H33IN4O3. The second-order valence-corrected chi connectivity index (χ2v) is 6.34. The van der Waals surface area contributed by atoms with Crippen molar-refractivity contribution < 1.29 is 14.6 Å². The zero-order valence-electron chi connectivity index (χ0n) is 17.9. The molecule has 1 unspecified atom stereocenters. The number of aromatic nitrogens is 1. The minimum absolute atomic E-state index is 0. The lowest BCUT2D eigenvalue weighted by molar-refractivity contribution is 0.187. The Kier molecular flexibility index (Phi) is 12.8. The molecule has 0 aliphatic carbocycles. The van der Waals surface area contributed by atoms with Gasteiger partial charge in [-0.05, 0) is 62.6 Å². The minimum atomic E-state index is -0.659. The molecule has 30 heavy (non-hydrogen) atoms. The van der Waals surface area contributed by atoms with Crippen LogP contribution in [0.3, 0.4) is 0 Å². The van der Waals surface area contributed by atoms with Crippen molar-refractivity contribution >= 4 is 29.9 Å². The normalized spacial score (nSPS) is 11.9. The van der Waals surface area contributed by atoms with Crippen LogP contribution in [0, 0.1) is 0 Å². The van der Waals surface area contributed by atoms with Gasteiger partial charge in [0.15, 0.2) is 17.5 Å². The highest BCUT2D eigenvalue weighted by atomic mass is 127. The van der Waals surface area contributed by atoms with Crippen LogP contribution in [0.25, 0.3) is 0 Å². The molecule has 7 nitrogen and oxygen atoms in total. The van der Waals surface area contributed by atoms with Crippen molar-refractivity contribution in [2.75, 3.05) is 32.8 Å². The van der Waals surface area contributed by atoms with Gasteiger partial charge in [-0.3, -0.25) is 9.98 Å². The highest BCUT2D eigenvalue weighted by Crippen LogP contribution is 2.28. The molecule has 1 aromatic heterocycles. The zero-order chi connectivity index (χ0) is 20.9. The topological polar surface area (TPSA) is 88.0 Å². The Balaban J connectivity index is 0.00000450. The van der Waals surface area contributed by atoms with Gasteiger partial charge in [-0.25, -0.2) is 0 Å². The van der Waals surface area contributed by atoms with E-state index >= 15 is 0 Å². The summed E-state index contributed by atoms with van der Waals surface area (Å²) >= 11 is 0. The minimum Gasteiger partial charge on any atom is -0.490 e. The Morgan fingerprint density at radius 1 is 1.03 bits per heavy atom. The van der Waals surface area contributed by atoms with Gasteiger partial charge >= 0.3 is 0 Å². The Morgan fingerprint density at radius 2 is 1.73 bits per heavy atom. The van der Waals surface area contributed by atoms with Crippen molar-refractivity contribution in [3.05, 3.63) is 53.9 Å². The van der Waals surface area contributed by atoms with E-state index in [0.29, 0.717) is 25.7 Å². The van der Waals surface area contributed by atoms with Crippen LogP contribution in [-0.2, 0) is 6.42 Å². The standard InChI is InChI=1S/C22H32N4O3.HI/c1-4-24-22(26-16-19(27)18-10-12-23-13-11-18)25-14-9-17-7-8-20(28-5-2)21(15-17)29-6-3;/h7-8,10-13,15,19,27H,4-6,9,14,16H2,1-3H3,(H2,24,25,26);1H. The molecule has 0 aliphatic heterocycles. The lowest BCUT2D eigenvalue weighted by atomic mass is 10.1. The molecule has 0 saturated carbocycles. The molecule has 1 aromatic carbocycles. The number of nitrogens with one attached hydrogen (secondary N) is 2. The second-order valence-electron chi connectivity index (χ2n) is 6.34. The molecule has 2 aromatic rings. The van der Waals surface area contributed by atoms with Crippen molar-refractivity contribution in [3.8, 4) is 11.5 Å². The van der Waals surface area contributed by atoms with Crippen LogP contribution < -0.4 is 20.1 Å². The van der Waals surface area contributed by atoms with E-state index in [1.54, 1.807) is 24.5 Å². The third-order valence-corrected chi connectivity index (χ3v) is 4.17. The van der Waals surface area contributed by atoms with E-state index in [1.165, 1.54) is 0 Å². The fraction of sp³-hybridized carbons (Fsp3) is 0.455. The number of aliphatic imine (C=N–C) groups is 1. The summed E-state index contributed by atoms with van der Waals surface area (Å²) < 4.78 is 11.3. The first kappa shape index (κ1) is 26.0. The summed E-state index contributed by atoms with van der Waals surface area (Å²) in [6, 6.07) is 9.61. The summed E-state index contributed by atoms with van der Waals surface area (Å²) in [5, 5.41) is 16.8. The Labute approximate surface area is 196 Å². The summed E-state index contributed by atoms with van der Waals surface area (Å²) in [5.41, 5.74) is 1.95. The number of benzene rings is 1. The van der Waals surface area contributed by atoms with E-state index in [9.17, 15) is 5.11 Å². The maximum Gasteiger partial charge on any atom is 0.191 e. The van der Waals surface area contributed by atoms with Gasteiger partial charge in [0.25, 0.3) is 0 Å². The average Bonchev–Trinajstić information content (AvgIpc) is 2.74. The molecular weight excluding hydrogens is 495 g/mol. The maximum absolute atomic E-state index is 10.3. The highest BCUT2D eigenvalue weighted by molar-refractivity contribution is 14.0. The van der Waals surface area contributed by atoms with E-state index in [2.05, 4.69) is 20.6 Å². The summed E-state index contributed by atoms with van der Waals surface area (Å²) in [4.78, 5) is 8.45. The predicted molar refractivity (Wildman–Crippen MR) is 131 cm³/mol. The van der Waals surface area contributed by atoms with Crippen molar-refractivity contribution in [2.45, 2.75) is 33.3 Å². The van der Waals surface area contributed by atoms with Crippen molar-refractivity contribution in [2.24, 2.45) is 4.99 Å². The lowest BCUT2D eigenvalue weighted by Crippen LogP contribution is -2.38. The summed E-state index contributed by atoms with van der Waals surface area (Å²) in [5.74, 6) is 2.22. The van der Waals surface area contributed by atoms with Gasteiger partial charge in [0.05, 0.1) is 25.9 Å². The third-order valence-electron chi connectivity index (χ3n) is 4.17. The highest BCUT2D eigenvalue weighted by Gasteiger charge is 2.08. The van der Waals surface area contributed by atoms with Crippen LogP contribution in [0.5, 0.6) is 11.5 Å². The summed E-state index contributed by atoms with van der Waals surface area (Å²) in [7, 11) is 0. The molecule has 8 heteroatoms. The Hall–Kier alpha value is -2.07. The fourth-order valence-corrected chi connectivity index (χ4v) is 2.79. The van der Waals surface area contributed by atoms with Crippen LogP contribution in [0.15, 0.2) is 47.7 Å². The smallest absolute Gasteiger partial charge is 0.191 e. The second kappa shape index (κ2) is 14.8. The van der Waals surface area contributed by atoms with Crippen molar-refractivity contribution in [1.29, 1.82) is 0 Å². The van der Waals surface area contributed by atoms with E-state index in [0.717, 1.165) is 35.6 Å². The third kappa shape index (κ3) is 8.74. The lowest BCUT2D eigenvalue weighted by Gasteiger charge is -2.14. The van der Waals surface area contributed by atoms with Crippen molar-refractivity contribution in [3.63, 3.8) is 0 Å². The summed E-state index contributed by atoms with van der Waals surface area (Å²) in [6.45, 7) is 8.86. The van der Waals surface area contributed by atoms with Crippen LogP contribution >= 0.6 is 24.0 Å². The number of aliphatic hydroxyl groups is 1. The van der Waals surface area contributed by atoms with Gasteiger partial charge in [0.2, 0.25) is 0 Å². The number of aliphatic hydroxyl groups excluding tert-OH is 1. The molecule has 0 radical (unpaired) electrons. The molecule has 0 spiro atoms. The van der Waals surface area contributed by atoms with Crippen LogP contribution in [-0.4, -0.2) is 48.9 Å². The van der Waals surface area contributed by atoms with Gasteiger partial charge in [-0.2, -0.15) is 0 Å². The molecule has 3 N–H and O–H groups in total. The SMILES string of the molecule is CCNC(=NCC(O)c1ccncc1)NCCc1ccc(OCC)c(OCC)c1.I. The van der Waals surface area contributed by atoms with Gasteiger partial charge in [-0.15, -0.1) is 24.0 Å². The van der Waals surface area contributed by atoms with E-state index in [-0.39, 0.29) is 30.5 Å². The van der Waals surface area contributed by atoms with Gasteiger partial charge < -0.3 is 25.2 Å². The molecule has 0 saturated heterocycles. The number of ether oxygens (including phenoxy) is 2. The maximum atomic E-state index is 10.3. The predicted octanol–water partition coefficient (Wildman–Crippen LogP) is 3.33. The quantitative estimate of drug-likeness (QED) is 0.236. The van der Waals surface area contributed by atoms with Crippen LogP contribution in [0.4, 0.5) is 0 Å². The summed E-state index contributed by atoms with van der Waals surface area (Å²) in [6.07, 6.45) is 3.48. The number of halogens is 1. The first-order valence-electron chi connectivity index (χ1n) is 10.2. The molecule has 1 heterocycles. The molecule has 0 bridgehead atoms. The van der Waals surface area contributed by atoms with Crippen LogP contribution in [0.1, 0.15) is 38.0 Å². The first-order valence-corrected chi connectivity index (χ1v) is 10.2. The number of guanidine groups is 1. The van der Waals surface area contributed by atoms with Crippen molar-refractivity contribution in [1.82, 2.24) is 15.6 Å². The molecule has 0 fully saturated rings. The molecule has 0 amide bonds. The number of hydrogen-bond donors (Lipinski definition) is 3. The zero-order valence-corrected chi connectivity index (χ0v) is 20.3. The molecule has 0 aliphatic rings.